The predicted octanol–water partition coefficient (Wildman–Crippen LogP) is 3.63. The molecule has 7 heteroatoms. The Kier molecular flexibility index (Phi) is 4.54. The van der Waals surface area contributed by atoms with E-state index in [1.165, 1.54) is 24.3 Å². The minimum Gasteiger partial charge on any atom is -0.482 e. The zero-order valence-electron chi connectivity index (χ0n) is 10.7. The molecule has 0 amide bonds. The highest BCUT2D eigenvalue weighted by molar-refractivity contribution is 9.10. The Balaban J connectivity index is 2.17. The number of hydrogen-bond donors (Lipinski definition) is 1. The molecule has 0 spiro atoms. The molecule has 0 saturated carbocycles. The van der Waals surface area contributed by atoms with Gasteiger partial charge in [0.15, 0.2) is 5.75 Å². The fourth-order valence-electron chi connectivity index (χ4n) is 1.68. The monoisotopic (exact) mass is 351 g/mol. The van der Waals surface area contributed by atoms with Crippen LogP contribution in [0.3, 0.4) is 0 Å². The average Bonchev–Trinajstić information content (AvgIpc) is 2.46. The Morgan fingerprint density at radius 3 is 2.62 bits per heavy atom. The molecule has 0 aromatic heterocycles. The molecule has 0 heterocycles. The van der Waals surface area contributed by atoms with Crippen molar-refractivity contribution >= 4 is 27.6 Å². The zero-order valence-corrected chi connectivity index (χ0v) is 12.2. The van der Waals surface area contributed by atoms with Crippen LogP contribution in [0.25, 0.3) is 0 Å². The van der Waals surface area contributed by atoms with Crippen molar-refractivity contribution in [2.24, 2.45) is 0 Å². The Labute approximate surface area is 128 Å². The number of hydrogen-bond acceptors (Lipinski definition) is 4. The molecule has 0 fully saturated rings. The molecule has 108 valence electrons. The van der Waals surface area contributed by atoms with Crippen molar-refractivity contribution < 1.29 is 19.6 Å². The fraction of sp³-hybridized carbons (Fsp3) is 0.0714. The predicted molar refractivity (Wildman–Crippen MR) is 78.5 cm³/mol. The van der Waals surface area contributed by atoms with E-state index in [0.717, 1.165) is 0 Å². The average molecular weight is 352 g/mol. The van der Waals surface area contributed by atoms with Crippen LogP contribution < -0.4 is 4.74 Å². The highest BCUT2D eigenvalue weighted by Crippen LogP contribution is 2.28. The number of halogens is 1. The summed E-state index contributed by atoms with van der Waals surface area (Å²) in [6, 6.07) is 10.6. The van der Waals surface area contributed by atoms with Crippen molar-refractivity contribution in [1.82, 2.24) is 0 Å². The van der Waals surface area contributed by atoms with Gasteiger partial charge in [-0.2, -0.15) is 0 Å². The smallest absolute Gasteiger partial charge is 0.335 e. The van der Waals surface area contributed by atoms with Crippen molar-refractivity contribution in [1.29, 1.82) is 0 Å². The highest BCUT2D eigenvalue weighted by atomic mass is 79.9. The van der Waals surface area contributed by atoms with E-state index in [1.54, 1.807) is 18.2 Å². The van der Waals surface area contributed by atoms with Crippen LogP contribution >= 0.6 is 15.9 Å². The lowest BCUT2D eigenvalue weighted by molar-refractivity contribution is -0.385. The molecule has 0 radical (unpaired) electrons. The molecule has 2 aromatic rings. The molecule has 2 aromatic carbocycles. The van der Waals surface area contributed by atoms with Crippen LogP contribution in [-0.2, 0) is 6.61 Å². The minimum absolute atomic E-state index is 0.0886. The van der Waals surface area contributed by atoms with E-state index in [4.69, 9.17) is 9.84 Å². The van der Waals surface area contributed by atoms with Crippen LogP contribution in [0.1, 0.15) is 15.9 Å². The first-order chi connectivity index (χ1) is 9.99. The van der Waals surface area contributed by atoms with Gasteiger partial charge in [-0.05, 0) is 18.2 Å². The molecule has 2 rings (SSSR count). The van der Waals surface area contributed by atoms with Crippen LogP contribution in [0, 0.1) is 10.1 Å². The second kappa shape index (κ2) is 6.36. The number of carboxylic acid groups (broad SMARTS) is 1. The van der Waals surface area contributed by atoms with Crippen molar-refractivity contribution in [2.75, 3.05) is 0 Å². The molecule has 0 bridgehead atoms. The lowest BCUT2D eigenvalue weighted by Crippen LogP contribution is -2.01. The number of rotatable bonds is 5. The van der Waals surface area contributed by atoms with E-state index >= 15 is 0 Å². The quantitative estimate of drug-likeness (QED) is 0.656. The molecular weight excluding hydrogens is 342 g/mol. The molecule has 0 aliphatic carbocycles. The Morgan fingerprint density at radius 2 is 2.00 bits per heavy atom. The van der Waals surface area contributed by atoms with E-state index in [1.807, 2.05) is 0 Å². The minimum atomic E-state index is -1.03. The van der Waals surface area contributed by atoms with Gasteiger partial charge in [-0.25, -0.2) is 4.79 Å². The fourth-order valence-corrected chi connectivity index (χ4v) is 2.18. The Bertz CT molecular complexity index is 702. The molecule has 0 unspecified atom stereocenters. The molecule has 21 heavy (non-hydrogen) atoms. The molecule has 0 aliphatic rings. The van der Waals surface area contributed by atoms with E-state index in [9.17, 15) is 14.9 Å². The normalized spacial score (nSPS) is 10.1. The van der Waals surface area contributed by atoms with Crippen LogP contribution in [0.2, 0.25) is 0 Å². The first-order valence-corrected chi connectivity index (χ1v) is 6.66. The summed E-state index contributed by atoms with van der Waals surface area (Å²) < 4.78 is 6.02. The van der Waals surface area contributed by atoms with Gasteiger partial charge >= 0.3 is 11.7 Å². The van der Waals surface area contributed by atoms with Gasteiger partial charge in [-0.15, -0.1) is 0 Å². The van der Waals surface area contributed by atoms with Crippen molar-refractivity contribution in [2.45, 2.75) is 6.61 Å². The van der Waals surface area contributed by atoms with E-state index in [0.29, 0.717) is 10.0 Å². The number of carboxylic acids is 1. The number of nitro benzene ring substituents is 1. The van der Waals surface area contributed by atoms with Crippen LogP contribution in [0.15, 0.2) is 46.9 Å². The zero-order chi connectivity index (χ0) is 15.4. The third kappa shape index (κ3) is 3.57. The van der Waals surface area contributed by atoms with E-state index in [2.05, 4.69) is 15.9 Å². The summed E-state index contributed by atoms with van der Waals surface area (Å²) in [5, 5.41) is 19.7. The lowest BCUT2D eigenvalue weighted by Gasteiger charge is -2.08. The summed E-state index contributed by atoms with van der Waals surface area (Å²) in [6.07, 6.45) is 0. The SMILES string of the molecule is O=C(O)c1ccc(COc2ccccc2[N+](=O)[O-])c(Br)c1. The van der Waals surface area contributed by atoms with Gasteiger partial charge in [0.1, 0.15) is 6.61 Å². The maximum Gasteiger partial charge on any atom is 0.335 e. The second-order valence-corrected chi connectivity index (χ2v) is 4.98. The third-order valence-corrected chi connectivity index (χ3v) is 3.48. The number of nitrogens with zero attached hydrogens (tertiary/aromatic N) is 1. The van der Waals surface area contributed by atoms with Gasteiger partial charge in [0.25, 0.3) is 0 Å². The number of ether oxygens (including phenoxy) is 1. The maximum absolute atomic E-state index is 10.9. The van der Waals surface area contributed by atoms with Crippen LogP contribution in [0.5, 0.6) is 5.75 Å². The van der Waals surface area contributed by atoms with E-state index in [-0.39, 0.29) is 23.6 Å². The number of benzene rings is 2. The molecule has 6 nitrogen and oxygen atoms in total. The molecule has 0 atom stereocenters. The summed E-state index contributed by atoms with van der Waals surface area (Å²) in [5.74, 6) is -0.862. The van der Waals surface area contributed by atoms with Gasteiger partial charge in [-0.3, -0.25) is 10.1 Å². The van der Waals surface area contributed by atoms with E-state index < -0.39 is 10.9 Å². The summed E-state index contributed by atoms with van der Waals surface area (Å²) in [5.41, 5.74) is 0.727. The molecule has 1 N–H and O–H groups in total. The maximum atomic E-state index is 10.9. The van der Waals surface area contributed by atoms with Gasteiger partial charge in [0.05, 0.1) is 10.5 Å². The Hall–Kier alpha value is -2.41. The van der Waals surface area contributed by atoms with Crippen LogP contribution in [0.4, 0.5) is 5.69 Å². The molecular formula is C14H10BrNO5. The number of carbonyl (C=O) groups is 1. The Morgan fingerprint density at radius 1 is 1.29 bits per heavy atom. The summed E-state index contributed by atoms with van der Waals surface area (Å²) >= 11 is 3.26. The lowest BCUT2D eigenvalue weighted by atomic mass is 10.1. The highest BCUT2D eigenvalue weighted by Gasteiger charge is 2.14. The standard InChI is InChI=1S/C14H10BrNO5/c15-11-7-9(14(17)18)5-6-10(11)8-21-13-4-2-1-3-12(13)16(19)20/h1-7H,8H2,(H,17,18). The summed E-state index contributed by atoms with van der Waals surface area (Å²) in [4.78, 5) is 21.2. The third-order valence-electron chi connectivity index (χ3n) is 2.75. The first kappa shape index (κ1) is 15.0. The van der Waals surface area contributed by atoms with Gasteiger partial charge in [0, 0.05) is 16.1 Å². The van der Waals surface area contributed by atoms with Gasteiger partial charge < -0.3 is 9.84 Å². The van der Waals surface area contributed by atoms with Crippen molar-refractivity contribution in [3.05, 3.63) is 68.2 Å². The van der Waals surface area contributed by atoms with Gasteiger partial charge in [-0.1, -0.05) is 34.1 Å². The molecule has 0 saturated heterocycles. The molecule has 0 aliphatic heterocycles. The topological polar surface area (TPSA) is 89.7 Å². The number of aromatic carboxylic acids is 1. The summed E-state index contributed by atoms with van der Waals surface area (Å²) in [6.45, 7) is 0.0886. The second-order valence-electron chi connectivity index (χ2n) is 4.12. The van der Waals surface area contributed by atoms with Gasteiger partial charge in [0.2, 0.25) is 0 Å². The number of para-hydroxylation sites is 2. The number of nitro groups is 1. The van der Waals surface area contributed by atoms with Crippen LogP contribution in [-0.4, -0.2) is 16.0 Å². The van der Waals surface area contributed by atoms with Crippen molar-refractivity contribution in [3.63, 3.8) is 0 Å². The van der Waals surface area contributed by atoms with Crippen molar-refractivity contribution in [3.8, 4) is 5.75 Å². The first-order valence-electron chi connectivity index (χ1n) is 5.87. The largest absolute Gasteiger partial charge is 0.482 e. The summed E-state index contributed by atoms with van der Waals surface area (Å²) in [7, 11) is 0.